The van der Waals surface area contributed by atoms with Crippen LogP contribution in [-0.4, -0.2) is 22.8 Å². The second-order valence-corrected chi connectivity index (χ2v) is 8.79. The topological polar surface area (TPSA) is 20.3 Å². The molecule has 2 unspecified atom stereocenters. The molecule has 0 aromatic carbocycles. The highest BCUT2D eigenvalue weighted by atomic mass is 16.1. The molecular weight excluding hydrogens is 258 g/mol. The van der Waals surface area contributed by atoms with Crippen LogP contribution in [0.4, 0.5) is 0 Å². The van der Waals surface area contributed by atoms with Crippen LogP contribution in [0.1, 0.15) is 65.7 Å². The first kappa shape index (κ1) is 13.8. The third-order valence-electron chi connectivity index (χ3n) is 7.13. The molecule has 2 nitrogen and oxygen atoms in total. The minimum atomic E-state index is 0.0653. The van der Waals surface area contributed by atoms with Crippen molar-refractivity contribution in [2.75, 3.05) is 6.54 Å². The van der Waals surface area contributed by atoms with Gasteiger partial charge in [-0.3, -0.25) is 4.79 Å². The summed E-state index contributed by atoms with van der Waals surface area (Å²) in [7, 11) is 0. The molecule has 4 bridgehead atoms. The van der Waals surface area contributed by atoms with Gasteiger partial charge >= 0.3 is 0 Å². The monoisotopic (exact) mass is 287 g/mol. The molecule has 0 aromatic rings. The first-order valence-electron chi connectivity index (χ1n) is 8.97. The molecule has 0 N–H and O–H groups in total. The largest absolute Gasteiger partial charge is 0.371 e. The fourth-order valence-electron chi connectivity index (χ4n) is 6.14. The molecule has 2 heteroatoms. The van der Waals surface area contributed by atoms with Gasteiger partial charge < -0.3 is 4.90 Å². The van der Waals surface area contributed by atoms with Crippen LogP contribution < -0.4 is 0 Å². The Balaban J connectivity index is 1.69. The van der Waals surface area contributed by atoms with Gasteiger partial charge in [-0.15, -0.1) is 0 Å². The summed E-state index contributed by atoms with van der Waals surface area (Å²) in [4.78, 5) is 15.1. The highest BCUT2D eigenvalue weighted by Gasteiger charge is 2.60. The van der Waals surface area contributed by atoms with E-state index in [-0.39, 0.29) is 5.41 Å². The minimum absolute atomic E-state index is 0.0653. The van der Waals surface area contributed by atoms with Crippen LogP contribution in [-0.2, 0) is 4.79 Å². The fourth-order valence-corrected chi connectivity index (χ4v) is 6.14. The van der Waals surface area contributed by atoms with Crippen LogP contribution in [0.15, 0.2) is 11.8 Å². The van der Waals surface area contributed by atoms with Gasteiger partial charge in [0.2, 0.25) is 0 Å². The summed E-state index contributed by atoms with van der Waals surface area (Å²) in [5.41, 5.74) is 1.59. The van der Waals surface area contributed by atoms with Crippen LogP contribution >= 0.6 is 0 Å². The smallest absolute Gasteiger partial charge is 0.160 e. The standard InChI is InChI=1S/C19H29NO/c1-4-17(21)16-12-20(6-5-18(16,2)3)19-10-13-7-14(11-19)9-15(19)8-13/h12-15H,4-11H2,1-3H3. The SMILES string of the molecule is CCC(=O)C1=CN(C23CC4CC(CC2C4)C3)CCC1(C)C. The Morgan fingerprint density at radius 3 is 2.52 bits per heavy atom. The van der Waals surface area contributed by atoms with Gasteiger partial charge in [-0.05, 0) is 61.7 Å². The van der Waals surface area contributed by atoms with Gasteiger partial charge in [0.05, 0.1) is 0 Å². The van der Waals surface area contributed by atoms with Crippen LogP contribution in [0.25, 0.3) is 0 Å². The summed E-state index contributed by atoms with van der Waals surface area (Å²) in [5, 5.41) is 0. The quantitative estimate of drug-likeness (QED) is 0.777. The molecule has 0 radical (unpaired) electrons. The molecular formula is C19H29NO. The lowest BCUT2D eigenvalue weighted by Crippen LogP contribution is -2.50. The minimum Gasteiger partial charge on any atom is -0.371 e. The predicted octanol–water partition coefficient (Wildman–Crippen LogP) is 4.16. The molecule has 21 heavy (non-hydrogen) atoms. The number of ketones is 1. The van der Waals surface area contributed by atoms with Crippen LogP contribution in [0.5, 0.6) is 0 Å². The van der Waals surface area contributed by atoms with E-state index in [0.717, 1.165) is 36.3 Å². The van der Waals surface area contributed by atoms with Crippen molar-refractivity contribution in [2.24, 2.45) is 23.2 Å². The summed E-state index contributed by atoms with van der Waals surface area (Å²) in [6.07, 6.45) is 11.3. The number of hydrogen-bond acceptors (Lipinski definition) is 2. The number of rotatable bonds is 3. The molecule has 4 aliphatic carbocycles. The molecule has 0 amide bonds. The van der Waals surface area contributed by atoms with Gasteiger partial charge in [0.15, 0.2) is 5.78 Å². The van der Waals surface area contributed by atoms with E-state index < -0.39 is 0 Å². The van der Waals surface area contributed by atoms with Crippen molar-refractivity contribution >= 4 is 5.78 Å². The predicted molar refractivity (Wildman–Crippen MR) is 84.8 cm³/mol. The lowest BCUT2D eigenvalue weighted by molar-refractivity contribution is -0.116. The van der Waals surface area contributed by atoms with Crippen LogP contribution in [0, 0.1) is 23.2 Å². The van der Waals surface area contributed by atoms with Crippen molar-refractivity contribution in [3.05, 3.63) is 11.8 Å². The molecule has 1 aliphatic heterocycles. The Kier molecular flexibility index (Phi) is 2.88. The average Bonchev–Trinajstić information content (AvgIpc) is 2.83. The third kappa shape index (κ3) is 1.87. The normalized spacial score (nSPS) is 43.3. The zero-order valence-corrected chi connectivity index (χ0v) is 13.8. The van der Waals surface area contributed by atoms with E-state index in [2.05, 4.69) is 24.9 Å². The summed E-state index contributed by atoms with van der Waals surface area (Å²) in [5.74, 6) is 3.24. The van der Waals surface area contributed by atoms with Gasteiger partial charge in [-0.1, -0.05) is 20.8 Å². The third-order valence-corrected chi connectivity index (χ3v) is 7.13. The maximum Gasteiger partial charge on any atom is 0.160 e. The number of carbonyl (C=O) groups is 1. The maximum absolute atomic E-state index is 12.4. The molecule has 4 saturated carbocycles. The Bertz CT molecular complexity index is 490. The molecule has 0 aromatic heterocycles. The zero-order chi connectivity index (χ0) is 14.8. The fraction of sp³-hybridized carbons (Fsp3) is 0.842. The lowest BCUT2D eigenvalue weighted by atomic mass is 9.74. The molecule has 5 rings (SSSR count). The van der Waals surface area contributed by atoms with E-state index in [0.29, 0.717) is 17.7 Å². The maximum atomic E-state index is 12.4. The van der Waals surface area contributed by atoms with E-state index in [4.69, 9.17) is 0 Å². The van der Waals surface area contributed by atoms with Gasteiger partial charge in [-0.25, -0.2) is 0 Å². The van der Waals surface area contributed by atoms with Crippen molar-refractivity contribution in [1.82, 2.24) is 4.90 Å². The molecule has 2 atom stereocenters. The Morgan fingerprint density at radius 1 is 1.24 bits per heavy atom. The summed E-state index contributed by atoms with van der Waals surface area (Å²) < 4.78 is 0. The summed E-state index contributed by atoms with van der Waals surface area (Å²) in [6.45, 7) is 7.66. The molecule has 1 heterocycles. The van der Waals surface area contributed by atoms with E-state index >= 15 is 0 Å². The number of hydrogen-bond donors (Lipinski definition) is 0. The molecule has 116 valence electrons. The summed E-state index contributed by atoms with van der Waals surface area (Å²) >= 11 is 0. The van der Waals surface area contributed by atoms with Crippen LogP contribution in [0.2, 0.25) is 0 Å². The highest BCUT2D eigenvalue weighted by molar-refractivity contribution is 5.96. The van der Waals surface area contributed by atoms with Gasteiger partial charge in [-0.2, -0.15) is 0 Å². The molecule has 0 saturated heterocycles. The number of allylic oxidation sites excluding steroid dienone is 1. The van der Waals surface area contributed by atoms with Crippen molar-refractivity contribution in [2.45, 2.75) is 71.3 Å². The summed E-state index contributed by atoms with van der Waals surface area (Å²) in [6, 6.07) is 0. The van der Waals surface area contributed by atoms with Crippen molar-refractivity contribution in [3.63, 3.8) is 0 Å². The van der Waals surface area contributed by atoms with Crippen LogP contribution in [0.3, 0.4) is 0 Å². The highest BCUT2D eigenvalue weighted by Crippen LogP contribution is 2.63. The average molecular weight is 287 g/mol. The molecule has 4 fully saturated rings. The first-order valence-corrected chi connectivity index (χ1v) is 8.97. The second-order valence-electron chi connectivity index (χ2n) is 8.79. The van der Waals surface area contributed by atoms with E-state index in [1.807, 2.05) is 6.92 Å². The molecule has 0 spiro atoms. The van der Waals surface area contributed by atoms with Crippen molar-refractivity contribution < 1.29 is 4.79 Å². The lowest BCUT2D eigenvalue weighted by Gasteiger charge is -2.48. The van der Waals surface area contributed by atoms with Gasteiger partial charge in [0.1, 0.15) is 0 Å². The number of Topliss-reactive ketones (excluding diaryl/α,β-unsaturated/α-hetero) is 1. The Labute approximate surface area is 129 Å². The van der Waals surface area contributed by atoms with Crippen molar-refractivity contribution in [1.29, 1.82) is 0 Å². The number of nitrogens with zero attached hydrogens (tertiary/aromatic N) is 1. The van der Waals surface area contributed by atoms with Gasteiger partial charge in [0, 0.05) is 30.3 Å². The first-order chi connectivity index (χ1) is 9.94. The molecule has 5 aliphatic rings. The number of carbonyl (C=O) groups excluding carboxylic acids is 1. The van der Waals surface area contributed by atoms with Crippen molar-refractivity contribution in [3.8, 4) is 0 Å². The Hall–Kier alpha value is -0.790. The van der Waals surface area contributed by atoms with E-state index in [9.17, 15) is 4.79 Å². The zero-order valence-electron chi connectivity index (χ0n) is 13.8. The Morgan fingerprint density at radius 2 is 1.90 bits per heavy atom. The second kappa shape index (κ2) is 4.36. The van der Waals surface area contributed by atoms with E-state index in [1.165, 1.54) is 32.1 Å². The van der Waals surface area contributed by atoms with E-state index in [1.54, 1.807) is 0 Å². The van der Waals surface area contributed by atoms with Gasteiger partial charge in [0.25, 0.3) is 0 Å².